The van der Waals surface area contributed by atoms with Crippen molar-refractivity contribution in [3.8, 4) is 5.75 Å². The molecule has 0 bridgehead atoms. The second-order valence-corrected chi connectivity index (χ2v) is 10.1. The molecule has 0 saturated carbocycles. The maximum absolute atomic E-state index is 13.5. The number of aromatic nitrogens is 2. The molecule has 3 rings (SSSR count). The molecule has 1 aliphatic rings. The van der Waals surface area contributed by atoms with Gasteiger partial charge in [0, 0.05) is 11.8 Å². The van der Waals surface area contributed by atoms with Crippen LogP contribution in [0.15, 0.2) is 40.1 Å². The molecule has 2 N–H and O–H groups in total. The second-order valence-electron chi connectivity index (χ2n) is 8.37. The Balaban J connectivity index is 1.70. The number of aryl methyl sites for hydroxylation is 2. The lowest BCUT2D eigenvalue weighted by Gasteiger charge is -2.24. The van der Waals surface area contributed by atoms with Crippen LogP contribution in [0.2, 0.25) is 0 Å². The Hall–Kier alpha value is -2.76. The molecule has 2 heterocycles. The highest BCUT2D eigenvalue weighted by Gasteiger charge is 2.36. The molecule has 1 unspecified atom stereocenters. The first-order valence-electron chi connectivity index (χ1n) is 11.0. The summed E-state index contributed by atoms with van der Waals surface area (Å²) in [5, 5.41) is 2.58. The molecule has 0 aliphatic carbocycles. The van der Waals surface area contributed by atoms with E-state index in [2.05, 4.69) is 10.1 Å². The van der Waals surface area contributed by atoms with Gasteiger partial charge in [0.15, 0.2) is 12.5 Å². The summed E-state index contributed by atoms with van der Waals surface area (Å²) in [6.07, 6.45) is -0.805. The molecule has 0 amide bonds. The fourth-order valence-electron chi connectivity index (χ4n) is 3.09. The first-order valence-corrected chi connectivity index (χ1v) is 12.6. The predicted octanol–water partition coefficient (Wildman–Crippen LogP) is 2.16. The fraction of sp³-hybridized carbons (Fsp3) is 0.500. The Morgan fingerprint density at radius 2 is 1.91 bits per heavy atom. The van der Waals surface area contributed by atoms with Gasteiger partial charge in [-0.05, 0) is 46.8 Å². The molecular formula is C22H30N3O9P. The Morgan fingerprint density at radius 1 is 1.23 bits per heavy atom. The van der Waals surface area contributed by atoms with Gasteiger partial charge in [-0.15, -0.1) is 0 Å². The molecule has 1 fully saturated rings. The average Bonchev–Trinajstić information content (AvgIpc) is 3.25. The first-order chi connectivity index (χ1) is 16.5. The van der Waals surface area contributed by atoms with Gasteiger partial charge in [0.2, 0.25) is 0 Å². The molecule has 0 radical (unpaired) electrons. The SMILES string of the molecule is Cc1ccc(OP(=O)(N[C@@H](C)C(=O)OC(C)C)OC[C@@H]2OC[C@H](n3cc(C)c(=O)[nH]c3=O)O2)cc1. The molecule has 1 aliphatic heterocycles. The maximum Gasteiger partial charge on any atom is 0.459 e. The number of esters is 1. The summed E-state index contributed by atoms with van der Waals surface area (Å²) in [4.78, 5) is 38.2. The lowest BCUT2D eigenvalue weighted by atomic mass is 10.2. The summed E-state index contributed by atoms with van der Waals surface area (Å²) in [5.74, 6) is -0.366. The minimum atomic E-state index is -4.10. The van der Waals surface area contributed by atoms with E-state index in [0.717, 1.165) is 5.56 Å². The van der Waals surface area contributed by atoms with Crippen LogP contribution in [0.25, 0.3) is 0 Å². The van der Waals surface area contributed by atoms with Crippen molar-refractivity contribution < 1.29 is 32.6 Å². The first kappa shape index (κ1) is 26.8. The third-order valence-electron chi connectivity index (χ3n) is 4.87. The zero-order valence-corrected chi connectivity index (χ0v) is 21.1. The number of ether oxygens (including phenoxy) is 3. The molecule has 13 heteroatoms. The van der Waals surface area contributed by atoms with Crippen LogP contribution in [-0.4, -0.2) is 47.2 Å². The van der Waals surface area contributed by atoms with Gasteiger partial charge >= 0.3 is 19.4 Å². The van der Waals surface area contributed by atoms with Crippen molar-refractivity contribution >= 4 is 13.7 Å². The zero-order chi connectivity index (χ0) is 25.8. The van der Waals surface area contributed by atoms with Gasteiger partial charge in [-0.3, -0.25) is 23.7 Å². The average molecular weight is 511 g/mol. The maximum atomic E-state index is 13.5. The number of nitrogens with zero attached hydrogens (tertiary/aromatic N) is 1. The van der Waals surface area contributed by atoms with E-state index in [0.29, 0.717) is 5.56 Å². The number of carbonyl (C=O) groups excluding carboxylic acids is 1. The summed E-state index contributed by atoms with van der Waals surface area (Å²) < 4.78 is 42.3. The zero-order valence-electron chi connectivity index (χ0n) is 20.2. The largest absolute Gasteiger partial charge is 0.462 e. The Kier molecular flexibility index (Phi) is 8.68. The summed E-state index contributed by atoms with van der Waals surface area (Å²) in [6.45, 7) is 7.97. The van der Waals surface area contributed by atoms with Crippen molar-refractivity contribution in [1.29, 1.82) is 0 Å². The summed E-state index contributed by atoms with van der Waals surface area (Å²) in [6, 6.07) is 5.78. The van der Waals surface area contributed by atoms with Crippen LogP contribution in [0, 0.1) is 13.8 Å². The van der Waals surface area contributed by atoms with Crippen molar-refractivity contribution in [3.05, 3.63) is 62.4 Å². The summed E-state index contributed by atoms with van der Waals surface area (Å²) >= 11 is 0. The van der Waals surface area contributed by atoms with E-state index in [-0.39, 0.29) is 25.1 Å². The molecule has 4 atom stereocenters. The van der Waals surface area contributed by atoms with E-state index < -0.39 is 43.5 Å². The molecule has 1 aromatic heterocycles. The van der Waals surface area contributed by atoms with Gasteiger partial charge in [-0.2, -0.15) is 5.09 Å². The molecule has 35 heavy (non-hydrogen) atoms. The van der Waals surface area contributed by atoms with Gasteiger partial charge in [-0.1, -0.05) is 17.7 Å². The number of hydrogen-bond acceptors (Lipinski definition) is 9. The van der Waals surface area contributed by atoms with E-state index in [9.17, 15) is 18.9 Å². The number of carbonyl (C=O) groups is 1. The quantitative estimate of drug-likeness (QED) is 0.359. The minimum Gasteiger partial charge on any atom is -0.462 e. The van der Waals surface area contributed by atoms with Crippen molar-refractivity contribution in [2.45, 2.75) is 59.3 Å². The lowest BCUT2D eigenvalue weighted by molar-refractivity contribution is -0.149. The standard InChI is InChI=1S/C22H30N3O9P/c1-13(2)32-21(27)16(5)24-35(29,34-17-8-6-14(3)7-9-17)31-12-19-30-11-18(33-19)25-10-15(4)20(26)23-22(25)28/h6-10,13,16,18-19H,11-12H2,1-5H3,(H,24,29)(H,23,26,28)/t16-,18+,19+,35?/m0/s1. The van der Waals surface area contributed by atoms with Gasteiger partial charge in [0.1, 0.15) is 18.4 Å². The summed E-state index contributed by atoms with van der Waals surface area (Å²) in [5.41, 5.74) is 0.163. The molecule has 1 aromatic carbocycles. The second kappa shape index (κ2) is 11.3. The minimum absolute atomic E-state index is 0.00686. The lowest BCUT2D eigenvalue weighted by Crippen LogP contribution is -2.37. The van der Waals surface area contributed by atoms with Crippen molar-refractivity contribution in [3.63, 3.8) is 0 Å². The van der Waals surface area contributed by atoms with Crippen molar-refractivity contribution in [2.75, 3.05) is 13.2 Å². The topological polar surface area (TPSA) is 147 Å². The number of hydrogen-bond donors (Lipinski definition) is 2. The Morgan fingerprint density at radius 3 is 2.57 bits per heavy atom. The van der Waals surface area contributed by atoms with E-state index in [4.69, 9.17) is 23.3 Å². The highest BCUT2D eigenvalue weighted by molar-refractivity contribution is 7.52. The third kappa shape index (κ3) is 7.36. The van der Waals surface area contributed by atoms with Gasteiger partial charge in [0.05, 0.1) is 12.7 Å². The molecule has 12 nitrogen and oxygen atoms in total. The number of H-pyrrole nitrogens is 1. The Labute approximate surface area is 202 Å². The highest BCUT2D eigenvalue weighted by atomic mass is 31.2. The normalized spacial score (nSPS) is 20.4. The van der Waals surface area contributed by atoms with Gasteiger partial charge in [-0.25, -0.2) is 9.36 Å². The number of benzene rings is 1. The molecule has 1 saturated heterocycles. The number of nitrogens with one attached hydrogen (secondary N) is 2. The summed E-state index contributed by atoms with van der Waals surface area (Å²) in [7, 11) is -4.10. The number of aromatic amines is 1. The van der Waals surface area contributed by atoms with Crippen LogP contribution < -0.4 is 20.9 Å². The highest BCUT2D eigenvalue weighted by Crippen LogP contribution is 2.45. The van der Waals surface area contributed by atoms with E-state index in [1.165, 1.54) is 17.7 Å². The molecular weight excluding hydrogens is 481 g/mol. The predicted molar refractivity (Wildman–Crippen MR) is 125 cm³/mol. The van der Waals surface area contributed by atoms with Gasteiger partial charge < -0.3 is 18.7 Å². The monoisotopic (exact) mass is 511 g/mol. The Bertz CT molecular complexity index is 1190. The molecule has 0 spiro atoms. The molecule has 192 valence electrons. The van der Waals surface area contributed by atoms with Crippen LogP contribution in [-0.2, 0) is 28.1 Å². The van der Waals surface area contributed by atoms with Crippen LogP contribution in [0.4, 0.5) is 0 Å². The van der Waals surface area contributed by atoms with Crippen molar-refractivity contribution in [1.82, 2.24) is 14.6 Å². The third-order valence-corrected chi connectivity index (χ3v) is 6.52. The van der Waals surface area contributed by atoms with Crippen LogP contribution >= 0.6 is 7.75 Å². The van der Waals surface area contributed by atoms with Crippen molar-refractivity contribution in [2.24, 2.45) is 0 Å². The smallest absolute Gasteiger partial charge is 0.459 e. The molecule has 2 aromatic rings. The van der Waals surface area contributed by atoms with Crippen LogP contribution in [0.5, 0.6) is 5.75 Å². The van der Waals surface area contributed by atoms with Crippen LogP contribution in [0.3, 0.4) is 0 Å². The van der Waals surface area contributed by atoms with E-state index >= 15 is 0 Å². The fourth-order valence-corrected chi connectivity index (χ4v) is 4.56. The van der Waals surface area contributed by atoms with E-state index in [1.54, 1.807) is 45.0 Å². The number of rotatable bonds is 10. The van der Waals surface area contributed by atoms with Gasteiger partial charge in [0.25, 0.3) is 5.56 Å². The van der Waals surface area contributed by atoms with Crippen LogP contribution in [0.1, 0.15) is 38.1 Å². The van der Waals surface area contributed by atoms with E-state index in [1.807, 2.05) is 6.92 Å².